The van der Waals surface area contributed by atoms with Crippen molar-refractivity contribution in [2.45, 2.75) is 11.8 Å². The topological polar surface area (TPSA) is 98.5 Å². The fourth-order valence-electron chi connectivity index (χ4n) is 1.76. The molecule has 0 atom stereocenters. The summed E-state index contributed by atoms with van der Waals surface area (Å²) in [5, 5.41) is 2.55. The Hall–Kier alpha value is -2.54. The van der Waals surface area contributed by atoms with Gasteiger partial charge in [0.15, 0.2) is 5.94 Å². The second kappa shape index (κ2) is 6.48. The lowest BCUT2D eigenvalue weighted by Gasteiger charge is -2.11. The number of nitrogens with one attached hydrogen (secondary N) is 1. The first-order valence-electron chi connectivity index (χ1n) is 6.46. The van der Waals surface area contributed by atoms with Crippen LogP contribution in [0.25, 0.3) is 0 Å². The van der Waals surface area contributed by atoms with E-state index in [1.807, 2.05) is 0 Å². The molecule has 0 aliphatic rings. The fraction of sp³-hybridized carbons (Fsp3) is 0.133. The van der Waals surface area contributed by atoms with Crippen molar-refractivity contribution in [1.82, 2.24) is 0 Å². The number of hydrogen-bond donors (Lipinski definition) is 2. The molecule has 0 saturated carbocycles. The third kappa shape index (κ3) is 3.98. The van der Waals surface area contributed by atoms with E-state index in [0.717, 1.165) is 0 Å². The van der Waals surface area contributed by atoms with Crippen molar-refractivity contribution in [1.29, 1.82) is 0 Å². The van der Waals surface area contributed by atoms with Crippen LogP contribution < -0.4 is 15.8 Å². The second-order valence-electron chi connectivity index (χ2n) is 4.62. The summed E-state index contributed by atoms with van der Waals surface area (Å²) >= 11 is 0. The number of carbonyl (C=O) groups is 1. The van der Waals surface area contributed by atoms with E-state index in [1.54, 1.807) is 24.3 Å². The van der Waals surface area contributed by atoms with E-state index in [1.165, 1.54) is 31.2 Å². The molecule has 0 bridgehead atoms. The number of hydrogen-bond acceptors (Lipinski definition) is 5. The first kappa shape index (κ1) is 15.8. The summed E-state index contributed by atoms with van der Waals surface area (Å²) in [4.78, 5) is 11.3. The van der Waals surface area contributed by atoms with E-state index in [2.05, 4.69) is 5.32 Å². The van der Waals surface area contributed by atoms with Gasteiger partial charge < -0.3 is 15.8 Å². The van der Waals surface area contributed by atoms with Crippen LogP contribution >= 0.6 is 0 Å². The van der Waals surface area contributed by atoms with Crippen molar-refractivity contribution >= 4 is 27.1 Å². The summed E-state index contributed by atoms with van der Waals surface area (Å²) in [6.45, 7) is 1.35. The molecule has 0 heterocycles. The van der Waals surface area contributed by atoms with Crippen molar-refractivity contribution in [3.63, 3.8) is 0 Å². The van der Waals surface area contributed by atoms with Gasteiger partial charge in [0, 0.05) is 13.0 Å². The Kier molecular flexibility index (Phi) is 4.67. The zero-order valence-electron chi connectivity index (χ0n) is 11.9. The van der Waals surface area contributed by atoms with Crippen LogP contribution in [0.4, 0.5) is 11.4 Å². The highest BCUT2D eigenvalue weighted by Gasteiger charge is 2.15. The maximum absolute atomic E-state index is 12.1. The Labute approximate surface area is 128 Å². The monoisotopic (exact) mass is 320 g/mol. The molecule has 0 unspecified atom stereocenters. The molecule has 2 aromatic carbocycles. The van der Waals surface area contributed by atoms with Gasteiger partial charge in [-0.2, -0.15) is 0 Å². The van der Waals surface area contributed by atoms with Gasteiger partial charge in [-0.1, -0.05) is 18.2 Å². The van der Waals surface area contributed by atoms with Gasteiger partial charge in [-0.15, -0.1) is 0 Å². The van der Waals surface area contributed by atoms with Crippen molar-refractivity contribution in [3.05, 3.63) is 48.5 Å². The molecule has 7 heteroatoms. The van der Waals surface area contributed by atoms with E-state index >= 15 is 0 Å². The summed E-state index contributed by atoms with van der Waals surface area (Å²) in [6, 6.07) is 12.6. The Morgan fingerprint density at radius 3 is 2.50 bits per heavy atom. The lowest BCUT2D eigenvalue weighted by Crippen LogP contribution is -2.13. The van der Waals surface area contributed by atoms with E-state index in [-0.39, 0.29) is 10.8 Å². The maximum Gasteiger partial charge on any atom is 0.221 e. The van der Waals surface area contributed by atoms with Crippen LogP contribution in [-0.4, -0.2) is 20.3 Å². The maximum atomic E-state index is 12.1. The van der Waals surface area contributed by atoms with Gasteiger partial charge in [0.2, 0.25) is 15.7 Å². The van der Waals surface area contributed by atoms with Crippen LogP contribution in [-0.2, 0) is 14.6 Å². The normalized spacial score (nSPS) is 11.0. The summed E-state index contributed by atoms with van der Waals surface area (Å²) in [5.41, 5.74) is 6.47. The van der Waals surface area contributed by atoms with Gasteiger partial charge in [0.1, 0.15) is 5.75 Å². The average Bonchev–Trinajstić information content (AvgIpc) is 2.48. The molecule has 116 valence electrons. The van der Waals surface area contributed by atoms with Crippen LogP contribution in [0.5, 0.6) is 5.75 Å². The fourth-order valence-corrected chi connectivity index (χ4v) is 2.76. The molecule has 0 aliphatic heterocycles. The third-order valence-electron chi connectivity index (χ3n) is 2.82. The van der Waals surface area contributed by atoms with Gasteiger partial charge in [0.25, 0.3) is 0 Å². The van der Waals surface area contributed by atoms with E-state index in [9.17, 15) is 13.2 Å². The number of nitrogen functional groups attached to an aromatic ring is 1. The Morgan fingerprint density at radius 1 is 1.18 bits per heavy atom. The molecule has 0 radical (unpaired) electrons. The molecule has 0 spiro atoms. The largest absolute Gasteiger partial charge is 0.477 e. The van der Waals surface area contributed by atoms with Crippen molar-refractivity contribution in [2.75, 3.05) is 17.0 Å². The first-order chi connectivity index (χ1) is 10.4. The quantitative estimate of drug-likeness (QED) is 0.821. The molecule has 0 aliphatic carbocycles. The Bertz CT molecular complexity index is 773. The SMILES string of the molecule is CC(=O)Nc1cc(OCS(=O)(=O)c2ccccc2)ccc1N. The minimum Gasteiger partial charge on any atom is -0.477 e. The standard InChI is InChI=1S/C15H16N2O4S/c1-11(18)17-15-9-12(7-8-14(15)16)21-10-22(19,20)13-5-3-2-4-6-13/h2-9H,10,16H2,1H3,(H,17,18). The van der Waals surface area contributed by atoms with E-state index in [4.69, 9.17) is 10.5 Å². The first-order valence-corrected chi connectivity index (χ1v) is 8.11. The summed E-state index contributed by atoms with van der Waals surface area (Å²) in [5.74, 6) is -0.473. The molecular weight excluding hydrogens is 304 g/mol. The zero-order valence-corrected chi connectivity index (χ0v) is 12.8. The lowest BCUT2D eigenvalue weighted by atomic mass is 10.2. The van der Waals surface area contributed by atoms with E-state index < -0.39 is 15.8 Å². The molecule has 0 saturated heterocycles. The van der Waals surface area contributed by atoms with Crippen molar-refractivity contribution in [3.8, 4) is 5.75 Å². The van der Waals surface area contributed by atoms with Gasteiger partial charge in [-0.25, -0.2) is 8.42 Å². The number of anilines is 2. The summed E-state index contributed by atoms with van der Waals surface area (Å²) < 4.78 is 29.5. The molecule has 0 aromatic heterocycles. The number of nitrogens with two attached hydrogens (primary N) is 1. The highest BCUT2D eigenvalue weighted by atomic mass is 32.2. The van der Waals surface area contributed by atoms with Crippen LogP contribution in [0.1, 0.15) is 6.92 Å². The molecule has 6 nitrogen and oxygen atoms in total. The van der Waals surface area contributed by atoms with Gasteiger partial charge in [-0.3, -0.25) is 4.79 Å². The lowest BCUT2D eigenvalue weighted by molar-refractivity contribution is -0.114. The Balaban J connectivity index is 2.13. The number of benzene rings is 2. The minimum atomic E-state index is -3.55. The highest BCUT2D eigenvalue weighted by molar-refractivity contribution is 7.91. The molecular formula is C15H16N2O4S. The summed E-state index contributed by atoms with van der Waals surface area (Å²) in [6.07, 6.45) is 0. The summed E-state index contributed by atoms with van der Waals surface area (Å²) in [7, 11) is -3.55. The number of amides is 1. The number of rotatable bonds is 5. The molecule has 1 amide bonds. The number of ether oxygens (including phenoxy) is 1. The van der Waals surface area contributed by atoms with Gasteiger partial charge >= 0.3 is 0 Å². The van der Waals surface area contributed by atoms with Crippen LogP contribution in [0.15, 0.2) is 53.4 Å². The number of carbonyl (C=O) groups excluding carboxylic acids is 1. The molecule has 3 N–H and O–H groups in total. The van der Waals surface area contributed by atoms with Gasteiger partial charge in [0.05, 0.1) is 16.3 Å². The van der Waals surface area contributed by atoms with E-state index in [0.29, 0.717) is 17.1 Å². The Morgan fingerprint density at radius 2 is 1.86 bits per heavy atom. The third-order valence-corrected chi connectivity index (χ3v) is 4.24. The zero-order chi connectivity index (χ0) is 16.2. The smallest absolute Gasteiger partial charge is 0.221 e. The predicted molar refractivity (Wildman–Crippen MR) is 84.3 cm³/mol. The van der Waals surface area contributed by atoms with Crippen LogP contribution in [0, 0.1) is 0 Å². The average molecular weight is 320 g/mol. The van der Waals surface area contributed by atoms with Crippen molar-refractivity contribution in [2.24, 2.45) is 0 Å². The highest BCUT2D eigenvalue weighted by Crippen LogP contribution is 2.25. The van der Waals surface area contributed by atoms with Crippen LogP contribution in [0.3, 0.4) is 0 Å². The molecule has 2 rings (SSSR count). The molecule has 0 fully saturated rings. The molecule has 2 aromatic rings. The van der Waals surface area contributed by atoms with Crippen molar-refractivity contribution < 1.29 is 17.9 Å². The predicted octanol–water partition coefficient (Wildman–Crippen LogP) is 2.04. The second-order valence-corrected chi connectivity index (χ2v) is 6.56. The number of sulfone groups is 1. The van der Waals surface area contributed by atoms with Gasteiger partial charge in [-0.05, 0) is 24.3 Å². The molecule has 22 heavy (non-hydrogen) atoms. The van der Waals surface area contributed by atoms with Crippen LogP contribution in [0.2, 0.25) is 0 Å². The minimum absolute atomic E-state index is 0.188.